The number of carboxylic acid groups (broad SMARTS) is 1. The van der Waals surface area contributed by atoms with Gasteiger partial charge in [0.25, 0.3) is 0 Å². The molecule has 1 aromatic heterocycles. The Morgan fingerprint density at radius 2 is 2.50 bits per heavy atom. The van der Waals surface area contributed by atoms with Crippen molar-refractivity contribution in [1.82, 2.24) is 9.78 Å². The molecule has 5 heteroatoms. The molecule has 1 aromatic rings. The Morgan fingerprint density at radius 1 is 1.90 bits per heavy atom. The van der Waals surface area contributed by atoms with E-state index in [1.165, 1.54) is 10.7 Å². The van der Waals surface area contributed by atoms with Crippen LogP contribution in [0.3, 0.4) is 0 Å². The quantitative estimate of drug-likeness (QED) is 0.749. The largest absolute Gasteiger partial charge is 0.477 e. The number of halogens is 1. The van der Waals surface area contributed by atoms with Crippen molar-refractivity contribution in [2.45, 2.75) is 0 Å². The van der Waals surface area contributed by atoms with Crippen LogP contribution in [0.25, 0.3) is 0 Å². The predicted octanol–water partition coefficient (Wildman–Crippen LogP) is 0.723. The molecule has 1 heterocycles. The summed E-state index contributed by atoms with van der Waals surface area (Å²) in [4.78, 5) is 10.4. The first-order chi connectivity index (χ1) is 4.61. The van der Waals surface area contributed by atoms with Crippen LogP contribution in [0.1, 0.15) is 10.5 Å². The molecule has 0 aliphatic rings. The van der Waals surface area contributed by atoms with E-state index in [9.17, 15) is 4.79 Å². The summed E-state index contributed by atoms with van der Waals surface area (Å²) in [5.74, 6) is -0.946. The van der Waals surface area contributed by atoms with Crippen molar-refractivity contribution in [3.05, 3.63) is 15.5 Å². The predicted molar refractivity (Wildman–Crippen MR) is 42.9 cm³/mol. The van der Waals surface area contributed by atoms with Gasteiger partial charge in [0.2, 0.25) is 0 Å². The smallest absolute Gasteiger partial charge is 0.354 e. The molecule has 0 bridgehead atoms. The maximum Gasteiger partial charge on any atom is 0.354 e. The highest BCUT2D eigenvalue weighted by Gasteiger charge is 2.08. The van der Waals surface area contributed by atoms with E-state index in [0.717, 1.165) is 0 Å². The summed E-state index contributed by atoms with van der Waals surface area (Å²) in [6.07, 6.45) is 0. The van der Waals surface area contributed by atoms with Crippen molar-refractivity contribution in [3.63, 3.8) is 0 Å². The van der Waals surface area contributed by atoms with Crippen LogP contribution in [-0.2, 0) is 7.05 Å². The highest BCUT2D eigenvalue weighted by molar-refractivity contribution is 14.1. The first-order valence-corrected chi connectivity index (χ1v) is 3.62. The second kappa shape index (κ2) is 2.57. The van der Waals surface area contributed by atoms with Crippen molar-refractivity contribution in [2.75, 3.05) is 0 Å². The maximum atomic E-state index is 10.4. The Labute approximate surface area is 71.0 Å². The Balaban J connectivity index is 3.15. The van der Waals surface area contributed by atoms with Gasteiger partial charge in [0.15, 0.2) is 0 Å². The van der Waals surface area contributed by atoms with Gasteiger partial charge in [-0.2, -0.15) is 5.10 Å². The number of carbonyl (C=O) groups is 1. The number of aryl methyl sites for hydroxylation is 1. The molecule has 0 aromatic carbocycles. The number of rotatable bonds is 1. The second-order valence-electron chi connectivity index (χ2n) is 1.78. The summed E-state index contributed by atoms with van der Waals surface area (Å²) in [5, 5.41) is 12.4. The van der Waals surface area contributed by atoms with E-state index in [2.05, 4.69) is 5.10 Å². The minimum absolute atomic E-state index is 0.212. The lowest BCUT2D eigenvalue weighted by atomic mass is 10.4. The molecule has 10 heavy (non-hydrogen) atoms. The van der Waals surface area contributed by atoms with E-state index in [0.29, 0.717) is 3.70 Å². The molecule has 0 aliphatic carbocycles. The molecule has 0 fully saturated rings. The van der Waals surface area contributed by atoms with Gasteiger partial charge in [0.1, 0.15) is 9.39 Å². The number of carboxylic acids is 1. The maximum absolute atomic E-state index is 10.4. The van der Waals surface area contributed by atoms with Crippen LogP contribution in [0, 0.1) is 3.70 Å². The second-order valence-corrected chi connectivity index (χ2v) is 2.89. The van der Waals surface area contributed by atoms with Crippen LogP contribution >= 0.6 is 22.6 Å². The highest BCUT2D eigenvalue weighted by atomic mass is 127. The van der Waals surface area contributed by atoms with Gasteiger partial charge < -0.3 is 5.11 Å². The molecule has 0 atom stereocenters. The molecular formula is C5H5IN2O2. The molecule has 1 N–H and O–H groups in total. The van der Waals surface area contributed by atoms with Crippen molar-refractivity contribution in [3.8, 4) is 0 Å². The van der Waals surface area contributed by atoms with E-state index in [1.807, 2.05) is 22.6 Å². The molecule has 0 saturated carbocycles. The Bertz CT molecular complexity index is 269. The van der Waals surface area contributed by atoms with Gasteiger partial charge >= 0.3 is 5.97 Å². The summed E-state index contributed by atoms with van der Waals surface area (Å²) in [7, 11) is 1.60. The van der Waals surface area contributed by atoms with Gasteiger partial charge in [-0.05, 0) is 22.6 Å². The Morgan fingerprint density at radius 3 is 2.70 bits per heavy atom. The SMILES string of the molecule is Cn1nc(I)cc1C(=O)O. The minimum atomic E-state index is -0.946. The lowest BCUT2D eigenvalue weighted by molar-refractivity contribution is 0.0685. The number of aromatic nitrogens is 2. The average molecular weight is 252 g/mol. The van der Waals surface area contributed by atoms with E-state index in [1.54, 1.807) is 7.05 Å². The van der Waals surface area contributed by atoms with Crippen LogP contribution in [0.2, 0.25) is 0 Å². The fourth-order valence-corrected chi connectivity index (χ4v) is 1.25. The van der Waals surface area contributed by atoms with Crippen molar-refractivity contribution < 1.29 is 9.90 Å². The first-order valence-electron chi connectivity index (χ1n) is 2.54. The minimum Gasteiger partial charge on any atom is -0.477 e. The van der Waals surface area contributed by atoms with E-state index >= 15 is 0 Å². The average Bonchev–Trinajstić information content (AvgIpc) is 2.10. The number of aromatic carboxylic acids is 1. The molecule has 54 valence electrons. The van der Waals surface area contributed by atoms with Crippen LogP contribution in [0.15, 0.2) is 6.07 Å². The number of hydrogen-bond donors (Lipinski definition) is 1. The van der Waals surface area contributed by atoms with Crippen molar-refractivity contribution >= 4 is 28.6 Å². The lowest BCUT2D eigenvalue weighted by Gasteiger charge is -1.90. The fourth-order valence-electron chi connectivity index (χ4n) is 0.632. The van der Waals surface area contributed by atoms with Crippen LogP contribution in [0.4, 0.5) is 0 Å². The molecular weight excluding hydrogens is 247 g/mol. The van der Waals surface area contributed by atoms with Crippen molar-refractivity contribution in [2.24, 2.45) is 7.05 Å². The lowest BCUT2D eigenvalue weighted by Crippen LogP contribution is -2.04. The molecule has 0 amide bonds. The molecule has 1 rings (SSSR count). The molecule has 4 nitrogen and oxygen atoms in total. The third kappa shape index (κ3) is 1.28. The molecule has 0 aliphatic heterocycles. The van der Waals surface area contributed by atoms with Gasteiger partial charge in [0.05, 0.1) is 0 Å². The van der Waals surface area contributed by atoms with Gasteiger partial charge in [-0.3, -0.25) is 4.68 Å². The van der Waals surface area contributed by atoms with Crippen LogP contribution in [-0.4, -0.2) is 20.9 Å². The van der Waals surface area contributed by atoms with Gasteiger partial charge in [-0.1, -0.05) is 0 Å². The first kappa shape index (κ1) is 7.52. The third-order valence-electron chi connectivity index (χ3n) is 1.07. The Kier molecular flexibility index (Phi) is 1.93. The van der Waals surface area contributed by atoms with Gasteiger partial charge in [-0.15, -0.1) is 0 Å². The summed E-state index contributed by atoms with van der Waals surface area (Å²) < 4.78 is 2.03. The zero-order valence-corrected chi connectivity index (χ0v) is 7.36. The summed E-state index contributed by atoms with van der Waals surface area (Å²) in [5.41, 5.74) is 0.212. The molecule has 0 radical (unpaired) electrons. The van der Waals surface area contributed by atoms with E-state index in [4.69, 9.17) is 5.11 Å². The van der Waals surface area contributed by atoms with Crippen molar-refractivity contribution in [1.29, 1.82) is 0 Å². The van der Waals surface area contributed by atoms with Gasteiger partial charge in [-0.25, -0.2) is 4.79 Å². The Hall–Kier alpha value is -0.590. The summed E-state index contributed by atoms with van der Waals surface area (Å²) in [6, 6.07) is 1.52. The molecule has 0 spiro atoms. The molecule has 0 saturated heterocycles. The zero-order chi connectivity index (χ0) is 7.72. The number of nitrogens with zero attached hydrogens (tertiary/aromatic N) is 2. The van der Waals surface area contributed by atoms with E-state index in [-0.39, 0.29) is 5.69 Å². The fraction of sp³-hybridized carbons (Fsp3) is 0.200. The standard InChI is InChI=1S/C5H5IN2O2/c1-8-3(5(9)10)2-4(6)7-8/h2H,1H3,(H,9,10). The normalized spacial score (nSPS) is 9.80. The monoisotopic (exact) mass is 252 g/mol. The topological polar surface area (TPSA) is 55.1 Å². The third-order valence-corrected chi connectivity index (χ3v) is 1.60. The van der Waals surface area contributed by atoms with Crippen LogP contribution < -0.4 is 0 Å². The number of hydrogen-bond acceptors (Lipinski definition) is 2. The molecule has 0 unspecified atom stereocenters. The highest BCUT2D eigenvalue weighted by Crippen LogP contribution is 2.04. The van der Waals surface area contributed by atoms with Gasteiger partial charge in [0, 0.05) is 13.1 Å². The van der Waals surface area contributed by atoms with Crippen LogP contribution in [0.5, 0.6) is 0 Å². The zero-order valence-electron chi connectivity index (χ0n) is 5.21. The summed E-state index contributed by atoms with van der Waals surface area (Å²) in [6.45, 7) is 0. The van der Waals surface area contributed by atoms with E-state index < -0.39 is 5.97 Å². The summed E-state index contributed by atoms with van der Waals surface area (Å²) >= 11 is 1.96.